The van der Waals surface area contributed by atoms with Crippen LogP contribution in [0, 0.1) is 0 Å². The summed E-state index contributed by atoms with van der Waals surface area (Å²) in [6.45, 7) is 8.79. The molecule has 1 atom stereocenters. The first kappa shape index (κ1) is 17.9. The third-order valence-corrected chi connectivity index (χ3v) is 4.20. The van der Waals surface area contributed by atoms with Gasteiger partial charge in [-0.3, -0.25) is 14.5 Å². The molecular formula is C19H25N3O2. The molecule has 128 valence electrons. The largest absolute Gasteiger partial charge is 0.351 e. The fraction of sp³-hybridized carbons (Fsp3) is 0.368. The topological polar surface area (TPSA) is 65.2 Å². The fourth-order valence-electron chi connectivity index (χ4n) is 2.74. The minimum absolute atomic E-state index is 0.193. The van der Waals surface area contributed by atoms with Gasteiger partial charge in [0.25, 0.3) is 5.56 Å². The number of aromatic nitrogens is 1. The van der Waals surface area contributed by atoms with E-state index in [0.29, 0.717) is 12.1 Å². The number of nitrogens with one attached hydrogen (secondary N) is 2. The Bertz CT molecular complexity index is 776. The number of H-pyrrole nitrogens is 1. The summed E-state index contributed by atoms with van der Waals surface area (Å²) in [5, 5.41) is 3.82. The smallest absolute Gasteiger partial charge is 0.255 e. The van der Waals surface area contributed by atoms with Gasteiger partial charge in [0.2, 0.25) is 5.91 Å². The lowest BCUT2D eigenvalue weighted by Gasteiger charge is -2.26. The van der Waals surface area contributed by atoms with E-state index in [0.717, 1.165) is 24.0 Å². The van der Waals surface area contributed by atoms with Crippen molar-refractivity contribution in [3.63, 3.8) is 0 Å². The Morgan fingerprint density at radius 3 is 2.71 bits per heavy atom. The molecule has 0 radical (unpaired) electrons. The van der Waals surface area contributed by atoms with Crippen molar-refractivity contribution in [1.29, 1.82) is 0 Å². The van der Waals surface area contributed by atoms with Crippen molar-refractivity contribution in [2.24, 2.45) is 0 Å². The molecule has 0 aliphatic carbocycles. The second-order valence-electron chi connectivity index (χ2n) is 5.79. The van der Waals surface area contributed by atoms with Crippen molar-refractivity contribution in [3.8, 4) is 0 Å². The summed E-state index contributed by atoms with van der Waals surface area (Å²) in [6, 6.07) is 9.63. The molecule has 5 nitrogen and oxygen atoms in total. The lowest BCUT2D eigenvalue weighted by Crippen LogP contribution is -2.41. The van der Waals surface area contributed by atoms with Crippen molar-refractivity contribution < 1.29 is 4.79 Å². The van der Waals surface area contributed by atoms with E-state index in [4.69, 9.17) is 0 Å². The van der Waals surface area contributed by atoms with E-state index in [1.165, 1.54) is 6.08 Å². The van der Waals surface area contributed by atoms with E-state index in [2.05, 4.69) is 36.0 Å². The molecule has 0 saturated carbocycles. The van der Waals surface area contributed by atoms with Gasteiger partial charge >= 0.3 is 0 Å². The summed E-state index contributed by atoms with van der Waals surface area (Å²) in [7, 11) is 0. The number of carbonyl (C=O) groups excluding carboxylic acids is 1. The number of carbonyl (C=O) groups is 1. The summed E-state index contributed by atoms with van der Waals surface area (Å²) >= 11 is 0. The van der Waals surface area contributed by atoms with E-state index < -0.39 is 0 Å². The minimum Gasteiger partial charge on any atom is -0.351 e. The van der Waals surface area contributed by atoms with Crippen LogP contribution in [0.4, 0.5) is 0 Å². The number of likely N-dealkylation sites (N-methyl/N-ethyl adjacent to an activating group) is 1. The Morgan fingerprint density at radius 2 is 2.00 bits per heavy atom. The summed E-state index contributed by atoms with van der Waals surface area (Å²) in [5.74, 6) is -0.193. The van der Waals surface area contributed by atoms with Crippen LogP contribution in [0.3, 0.4) is 0 Å². The zero-order valence-corrected chi connectivity index (χ0v) is 14.5. The molecule has 2 rings (SSSR count). The summed E-state index contributed by atoms with van der Waals surface area (Å²) < 4.78 is 0. The molecule has 2 aromatic rings. The summed E-state index contributed by atoms with van der Waals surface area (Å²) in [6.07, 6.45) is 2.97. The average molecular weight is 327 g/mol. The maximum Gasteiger partial charge on any atom is 0.255 e. The predicted octanol–water partition coefficient (Wildman–Crippen LogP) is 2.39. The maximum atomic E-state index is 12.0. The van der Waals surface area contributed by atoms with Gasteiger partial charge in [0.1, 0.15) is 0 Å². The number of para-hydroxylation sites is 1. The Kier molecular flexibility index (Phi) is 6.32. The fourth-order valence-corrected chi connectivity index (χ4v) is 2.74. The molecule has 1 aromatic heterocycles. The summed E-state index contributed by atoms with van der Waals surface area (Å²) in [4.78, 5) is 29.1. The lowest BCUT2D eigenvalue weighted by atomic mass is 10.1. The molecule has 24 heavy (non-hydrogen) atoms. The van der Waals surface area contributed by atoms with Gasteiger partial charge in [0.15, 0.2) is 0 Å². The number of aromatic amines is 1. The zero-order valence-electron chi connectivity index (χ0n) is 14.5. The first-order valence-electron chi connectivity index (χ1n) is 8.37. The van der Waals surface area contributed by atoms with E-state index in [1.54, 1.807) is 12.1 Å². The first-order valence-corrected chi connectivity index (χ1v) is 8.37. The number of rotatable bonds is 7. The summed E-state index contributed by atoms with van der Waals surface area (Å²) in [5.41, 5.74) is 1.06. The number of hydrogen-bond acceptors (Lipinski definition) is 3. The van der Waals surface area contributed by atoms with Crippen molar-refractivity contribution >= 4 is 22.9 Å². The number of nitrogens with zero attached hydrogens (tertiary/aromatic N) is 1. The van der Waals surface area contributed by atoms with Crippen LogP contribution in [-0.2, 0) is 4.79 Å². The second kappa shape index (κ2) is 8.45. The molecular weight excluding hydrogens is 302 g/mol. The third kappa shape index (κ3) is 4.55. The van der Waals surface area contributed by atoms with Gasteiger partial charge in [0, 0.05) is 29.7 Å². The molecule has 0 spiro atoms. The van der Waals surface area contributed by atoms with Gasteiger partial charge in [0.05, 0.1) is 0 Å². The number of amides is 1. The van der Waals surface area contributed by atoms with Crippen LogP contribution in [-0.4, -0.2) is 41.5 Å². The highest BCUT2D eigenvalue weighted by atomic mass is 16.1. The molecule has 1 unspecified atom stereocenters. The highest BCUT2D eigenvalue weighted by Gasteiger charge is 2.10. The molecule has 1 amide bonds. The molecule has 2 N–H and O–H groups in total. The van der Waals surface area contributed by atoms with Crippen LogP contribution in [0.2, 0.25) is 0 Å². The van der Waals surface area contributed by atoms with Crippen LogP contribution >= 0.6 is 0 Å². The first-order chi connectivity index (χ1) is 11.5. The highest BCUT2D eigenvalue weighted by Crippen LogP contribution is 2.10. The SMILES string of the molecule is CCN(CC)C(C)CNC(=O)/C=C/c1cc2ccccc2[nH]c1=O. The molecule has 1 heterocycles. The Hall–Kier alpha value is -2.40. The molecule has 1 aromatic carbocycles. The van der Waals surface area contributed by atoms with E-state index >= 15 is 0 Å². The normalized spacial score (nSPS) is 12.8. The molecule has 5 heteroatoms. The van der Waals surface area contributed by atoms with Crippen LogP contribution in [0.25, 0.3) is 17.0 Å². The average Bonchev–Trinajstić information content (AvgIpc) is 2.59. The van der Waals surface area contributed by atoms with Crippen LogP contribution in [0.15, 0.2) is 41.2 Å². The van der Waals surface area contributed by atoms with Crippen LogP contribution in [0.5, 0.6) is 0 Å². The van der Waals surface area contributed by atoms with Crippen molar-refractivity contribution in [3.05, 3.63) is 52.3 Å². The monoisotopic (exact) mass is 327 g/mol. The molecule has 0 saturated heterocycles. The van der Waals surface area contributed by atoms with Gasteiger partial charge in [-0.1, -0.05) is 32.0 Å². The number of pyridine rings is 1. The third-order valence-electron chi connectivity index (χ3n) is 4.20. The van der Waals surface area contributed by atoms with E-state index in [9.17, 15) is 9.59 Å². The van der Waals surface area contributed by atoms with Gasteiger partial charge in [-0.2, -0.15) is 0 Å². The van der Waals surface area contributed by atoms with Crippen LogP contribution in [0.1, 0.15) is 26.3 Å². The standard InChI is InChI=1S/C19H25N3O2/c1-4-22(5-2)14(3)13-20-18(23)11-10-16-12-15-8-6-7-9-17(15)21-19(16)24/h6-12,14H,4-5,13H2,1-3H3,(H,20,23)(H,21,24)/b11-10+. The Balaban J connectivity index is 2.01. The van der Waals surface area contributed by atoms with Crippen LogP contribution < -0.4 is 10.9 Å². The van der Waals surface area contributed by atoms with E-state index in [1.807, 2.05) is 24.3 Å². The van der Waals surface area contributed by atoms with Crippen molar-refractivity contribution in [2.75, 3.05) is 19.6 Å². The lowest BCUT2D eigenvalue weighted by molar-refractivity contribution is -0.116. The number of hydrogen-bond donors (Lipinski definition) is 2. The number of benzene rings is 1. The maximum absolute atomic E-state index is 12.0. The molecule has 0 bridgehead atoms. The Morgan fingerprint density at radius 1 is 1.29 bits per heavy atom. The van der Waals surface area contributed by atoms with E-state index in [-0.39, 0.29) is 17.5 Å². The van der Waals surface area contributed by atoms with Gasteiger partial charge in [-0.05, 0) is 43.6 Å². The highest BCUT2D eigenvalue weighted by molar-refractivity contribution is 5.92. The quantitative estimate of drug-likeness (QED) is 0.768. The minimum atomic E-state index is -0.200. The molecule has 0 aliphatic rings. The Labute approximate surface area is 142 Å². The predicted molar refractivity (Wildman–Crippen MR) is 99.0 cm³/mol. The number of fused-ring (bicyclic) bond motifs is 1. The van der Waals surface area contributed by atoms with Crippen molar-refractivity contribution in [2.45, 2.75) is 26.8 Å². The molecule has 0 fully saturated rings. The van der Waals surface area contributed by atoms with Gasteiger partial charge in [-0.25, -0.2) is 0 Å². The van der Waals surface area contributed by atoms with Gasteiger partial charge < -0.3 is 10.3 Å². The molecule has 0 aliphatic heterocycles. The zero-order chi connectivity index (χ0) is 17.5. The second-order valence-corrected chi connectivity index (χ2v) is 5.79. The van der Waals surface area contributed by atoms with Gasteiger partial charge in [-0.15, -0.1) is 0 Å². The van der Waals surface area contributed by atoms with Crippen molar-refractivity contribution in [1.82, 2.24) is 15.2 Å².